The Morgan fingerprint density at radius 3 is 2.85 bits per heavy atom. The highest BCUT2D eigenvalue weighted by Crippen LogP contribution is 2.40. The highest BCUT2D eigenvalue weighted by molar-refractivity contribution is 5.22. The van der Waals surface area contributed by atoms with Gasteiger partial charge in [0.05, 0.1) is 12.2 Å². The highest BCUT2D eigenvalue weighted by atomic mass is 16.5. The van der Waals surface area contributed by atoms with E-state index in [-0.39, 0.29) is 0 Å². The molecule has 3 aliphatic rings. The van der Waals surface area contributed by atoms with Crippen molar-refractivity contribution >= 4 is 0 Å². The average molecular weight is 176 g/mol. The van der Waals surface area contributed by atoms with E-state index in [1.165, 1.54) is 32.1 Å². The monoisotopic (exact) mass is 176 g/mol. The molecule has 70 valence electrons. The summed E-state index contributed by atoms with van der Waals surface area (Å²) in [6.07, 6.45) is 14.4. The minimum absolute atomic E-state index is 0.442. The van der Waals surface area contributed by atoms with Gasteiger partial charge in [-0.25, -0.2) is 0 Å². The van der Waals surface area contributed by atoms with E-state index in [2.05, 4.69) is 18.2 Å². The van der Waals surface area contributed by atoms with Gasteiger partial charge in [-0.3, -0.25) is 0 Å². The van der Waals surface area contributed by atoms with E-state index >= 15 is 0 Å². The van der Waals surface area contributed by atoms with Gasteiger partial charge >= 0.3 is 0 Å². The number of hydrogen-bond donors (Lipinski definition) is 0. The normalized spacial score (nSPS) is 42.5. The Balaban J connectivity index is 1.79. The van der Waals surface area contributed by atoms with Gasteiger partial charge in [0.15, 0.2) is 0 Å². The Bertz CT molecular complexity index is 264. The van der Waals surface area contributed by atoms with Gasteiger partial charge < -0.3 is 4.74 Å². The maximum Gasteiger partial charge on any atom is 0.0856 e. The van der Waals surface area contributed by atoms with E-state index < -0.39 is 0 Å². The molecule has 1 heteroatoms. The average Bonchev–Trinajstić information content (AvgIpc) is 2.80. The van der Waals surface area contributed by atoms with Crippen LogP contribution < -0.4 is 0 Å². The molecule has 0 aromatic rings. The van der Waals surface area contributed by atoms with Crippen LogP contribution in [0.25, 0.3) is 0 Å². The maximum atomic E-state index is 5.94. The van der Waals surface area contributed by atoms with Crippen LogP contribution in [0.5, 0.6) is 0 Å². The molecule has 3 rings (SSSR count). The largest absolute Gasteiger partial charge is 0.366 e. The summed E-state index contributed by atoms with van der Waals surface area (Å²) in [4.78, 5) is 0. The van der Waals surface area contributed by atoms with Gasteiger partial charge in [0.1, 0.15) is 0 Å². The quantitative estimate of drug-likeness (QED) is 0.558. The third kappa shape index (κ3) is 1.26. The van der Waals surface area contributed by atoms with E-state index in [0.29, 0.717) is 18.1 Å². The molecule has 0 saturated carbocycles. The second-order valence-electron chi connectivity index (χ2n) is 4.40. The predicted octanol–water partition coefficient (Wildman–Crippen LogP) is 2.83. The molecule has 3 atom stereocenters. The third-order valence-electron chi connectivity index (χ3n) is 3.48. The molecule has 1 saturated heterocycles. The smallest absolute Gasteiger partial charge is 0.0856 e. The second kappa shape index (κ2) is 2.98. The molecule has 1 heterocycles. The van der Waals surface area contributed by atoms with E-state index in [4.69, 9.17) is 4.74 Å². The molecular weight excluding hydrogens is 160 g/mol. The predicted molar refractivity (Wildman–Crippen MR) is 52.5 cm³/mol. The van der Waals surface area contributed by atoms with Crippen molar-refractivity contribution in [3.63, 3.8) is 0 Å². The molecule has 1 fully saturated rings. The molecule has 3 unspecified atom stereocenters. The zero-order valence-electron chi connectivity index (χ0n) is 7.91. The summed E-state index contributed by atoms with van der Waals surface area (Å²) in [5.41, 5.74) is 1.59. The molecule has 0 aromatic heterocycles. The van der Waals surface area contributed by atoms with Crippen molar-refractivity contribution in [3.8, 4) is 0 Å². The van der Waals surface area contributed by atoms with Crippen LogP contribution >= 0.6 is 0 Å². The topological polar surface area (TPSA) is 9.23 Å². The molecule has 0 N–H and O–H groups in total. The molecule has 0 aromatic carbocycles. The van der Waals surface area contributed by atoms with Crippen molar-refractivity contribution in [2.45, 2.75) is 44.3 Å². The Morgan fingerprint density at radius 1 is 1.23 bits per heavy atom. The van der Waals surface area contributed by atoms with Crippen molar-refractivity contribution in [2.75, 3.05) is 0 Å². The summed E-state index contributed by atoms with van der Waals surface area (Å²) >= 11 is 0. The van der Waals surface area contributed by atoms with Crippen LogP contribution in [-0.2, 0) is 4.74 Å². The second-order valence-corrected chi connectivity index (χ2v) is 4.40. The molecular formula is C12H16O. The fourth-order valence-corrected chi connectivity index (χ4v) is 2.79. The van der Waals surface area contributed by atoms with Crippen molar-refractivity contribution < 1.29 is 4.74 Å². The minimum Gasteiger partial charge on any atom is -0.366 e. The lowest BCUT2D eigenvalue weighted by atomic mass is 9.89. The fourth-order valence-electron chi connectivity index (χ4n) is 2.79. The summed E-state index contributed by atoms with van der Waals surface area (Å²) in [5.74, 6) is 0.703. The summed E-state index contributed by atoms with van der Waals surface area (Å²) < 4.78 is 5.94. The third-order valence-corrected chi connectivity index (χ3v) is 3.48. The molecule has 1 nitrogen and oxygen atoms in total. The van der Waals surface area contributed by atoms with Crippen molar-refractivity contribution in [1.82, 2.24) is 0 Å². The lowest BCUT2D eigenvalue weighted by molar-refractivity contribution is 0.0756. The van der Waals surface area contributed by atoms with E-state index in [9.17, 15) is 0 Å². The first kappa shape index (κ1) is 7.81. The molecule has 2 aliphatic carbocycles. The van der Waals surface area contributed by atoms with Crippen LogP contribution in [-0.4, -0.2) is 12.2 Å². The molecule has 1 aliphatic heterocycles. The van der Waals surface area contributed by atoms with E-state index in [1.807, 2.05) is 0 Å². The van der Waals surface area contributed by atoms with Gasteiger partial charge in [0, 0.05) is 5.92 Å². The molecule has 0 radical (unpaired) electrons. The SMILES string of the molecule is C1=CC2CC1OC2C1=CCCCC1. The number of rotatable bonds is 1. The lowest BCUT2D eigenvalue weighted by Crippen LogP contribution is -2.21. The van der Waals surface area contributed by atoms with Crippen LogP contribution in [0.3, 0.4) is 0 Å². The Labute approximate surface area is 79.5 Å². The van der Waals surface area contributed by atoms with Gasteiger partial charge in [-0.1, -0.05) is 18.2 Å². The zero-order chi connectivity index (χ0) is 8.67. The van der Waals surface area contributed by atoms with Gasteiger partial charge in [-0.2, -0.15) is 0 Å². The summed E-state index contributed by atoms with van der Waals surface area (Å²) in [7, 11) is 0. The Hall–Kier alpha value is -0.560. The summed E-state index contributed by atoms with van der Waals surface area (Å²) in [6, 6.07) is 0. The highest BCUT2D eigenvalue weighted by Gasteiger charge is 2.38. The van der Waals surface area contributed by atoms with E-state index in [1.54, 1.807) is 5.57 Å². The van der Waals surface area contributed by atoms with Crippen LogP contribution in [0.4, 0.5) is 0 Å². The number of fused-ring (bicyclic) bond motifs is 2. The summed E-state index contributed by atoms with van der Waals surface area (Å²) in [6.45, 7) is 0. The van der Waals surface area contributed by atoms with Gasteiger partial charge in [-0.05, 0) is 37.7 Å². The van der Waals surface area contributed by atoms with Crippen molar-refractivity contribution in [2.24, 2.45) is 5.92 Å². The van der Waals surface area contributed by atoms with Gasteiger partial charge in [0.25, 0.3) is 0 Å². The minimum atomic E-state index is 0.442. The molecule has 0 amide bonds. The van der Waals surface area contributed by atoms with Crippen LogP contribution in [0, 0.1) is 5.92 Å². The fraction of sp³-hybridized carbons (Fsp3) is 0.667. The molecule has 0 spiro atoms. The van der Waals surface area contributed by atoms with Crippen molar-refractivity contribution in [3.05, 3.63) is 23.8 Å². The lowest BCUT2D eigenvalue weighted by Gasteiger charge is -2.24. The van der Waals surface area contributed by atoms with Gasteiger partial charge in [-0.15, -0.1) is 0 Å². The molecule has 13 heavy (non-hydrogen) atoms. The van der Waals surface area contributed by atoms with Crippen LogP contribution in [0.2, 0.25) is 0 Å². The first-order valence-electron chi connectivity index (χ1n) is 5.46. The van der Waals surface area contributed by atoms with Crippen LogP contribution in [0.15, 0.2) is 23.8 Å². The van der Waals surface area contributed by atoms with E-state index in [0.717, 1.165) is 0 Å². The first-order chi connectivity index (χ1) is 6.43. The Kier molecular flexibility index (Phi) is 1.79. The van der Waals surface area contributed by atoms with Crippen LogP contribution in [0.1, 0.15) is 32.1 Å². The summed E-state index contributed by atoms with van der Waals surface area (Å²) in [5, 5.41) is 0. The maximum absolute atomic E-state index is 5.94. The molecule has 2 bridgehead atoms. The standard InChI is InChI=1S/C12H16O/c1-2-4-9(5-3-1)12-10-6-7-11(8-10)13-12/h4,6-7,10-12H,1-3,5,8H2. The number of ether oxygens (including phenoxy) is 1. The van der Waals surface area contributed by atoms with Crippen molar-refractivity contribution in [1.29, 1.82) is 0 Å². The Morgan fingerprint density at radius 2 is 2.23 bits per heavy atom. The van der Waals surface area contributed by atoms with Gasteiger partial charge in [0.2, 0.25) is 0 Å². The first-order valence-corrected chi connectivity index (χ1v) is 5.46. The zero-order valence-corrected chi connectivity index (χ0v) is 7.91. The number of hydrogen-bond acceptors (Lipinski definition) is 1. The number of allylic oxidation sites excluding steroid dienone is 1.